The summed E-state index contributed by atoms with van der Waals surface area (Å²) in [5.41, 5.74) is 2.69. The molecule has 7 nitrogen and oxygen atoms in total. The molecule has 1 atom stereocenters. The van der Waals surface area contributed by atoms with Gasteiger partial charge in [-0.1, -0.05) is 57.2 Å². The highest BCUT2D eigenvalue weighted by Crippen LogP contribution is 2.28. The lowest BCUT2D eigenvalue weighted by atomic mass is 9.87. The van der Waals surface area contributed by atoms with E-state index < -0.39 is 18.0 Å². The highest BCUT2D eigenvalue weighted by atomic mass is 16.4. The molecule has 0 amide bonds. The number of nitrogens with zero attached hydrogens (tertiary/aromatic N) is 2. The number of carbonyl (C=O) groups is 2. The van der Waals surface area contributed by atoms with Crippen LogP contribution in [0, 0.1) is 0 Å². The number of hydrogen-bond donors (Lipinski definition) is 3. The molecule has 1 heterocycles. The van der Waals surface area contributed by atoms with Crippen LogP contribution in [0.2, 0.25) is 0 Å². The Bertz CT molecular complexity index is 1070. The van der Waals surface area contributed by atoms with Crippen LogP contribution in [0.25, 0.3) is 22.3 Å². The molecule has 3 aromatic rings. The Morgan fingerprint density at radius 1 is 1.00 bits per heavy atom. The van der Waals surface area contributed by atoms with Crippen molar-refractivity contribution in [1.29, 1.82) is 0 Å². The minimum absolute atomic E-state index is 0.0222. The first-order valence-electron chi connectivity index (χ1n) is 9.74. The van der Waals surface area contributed by atoms with Crippen molar-refractivity contribution >= 4 is 28.7 Å². The van der Waals surface area contributed by atoms with Gasteiger partial charge in [-0.2, -0.15) is 0 Å². The van der Waals surface area contributed by atoms with Crippen molar-refractivity contribution in [1.82, 2.24) is 9.97 Å². The second-order valence-corrected chi connectivity index (χ2v) is 8.21. The van der Waals surface area contributed by atoms with Gasteiger partial charge in [0.1, 0.15) is 11.9 Å². The Balaban J connectivity index is 2.02. The quantitative estimate of drug-likeness (QED) is 0.534. The Labute approximate surface area is 174 Å². The molecule has 1 unspecified atom stereocenters. The van der Waals surface area contributed by atoms with Crippen molar-refractivity contribution in [2.24, 2.45) is 0 Å². The third-order valence-electron chi connectivity index (χ3n) is 4.87. The van der Waals surface area contributed by atoms with E-state index >= 15 is 0 Å². The number of aliphatic carboxylic acids is 2. The zero-order valence-corrected chi connectivity index (χ0v) is 17.2. The average molecular weight is 407 g/mol. The summed E-state index contributed by atoms with van der Waals surface area (Å²) in [7, 11) is 0. The average Bonchev–Trinajstić information content (AvgIpc) is 2.70. The van der Waals surface area contributed by atoms with E-state index in [1.807, 2.05) is 42.5 Å². The van der Waals surface area contributed by atoms with Gasteiger partial charge in [0.2, 0.25) is 0 Å². The fourth-order valence-corrected chi connectivity index (χ4v) is 3.13. The van der Waals surface area contributed by atoms with Crippen LogP contribution in [-0.4, -0.2) is 38.2 Å². The molecule has 0 aliphatic rings. The highest BCUT2D eigenvalue weighted by Gasteiger charge is 2.21. The van der Waals surface area contributed by atoms with E-state index in [-0.39, 0.29) is 18.3 Å². The van der Waals surface area contributed by atoms with E-state index in [1.165, 1.54) is 5.56 Å². The Hall–Kier alpha value is -3.48. The van der Waals surface area contributed by atoms with Gasteiger partial charge in [0.05, 0.1) is 5.52 Å². The molecule has 30 heavy (non-hydrogen) atoms. The van der Waals surface area contributed by atoms with E-state index in [4.69, 9.17) is 5.11 Å². The maximum Gasteiger partial charge on any atom is 0.326 e. The van der Waals surface area contributed by atoms with Gasteiger partial charge in [-0.25, -0.2) is 14.8 Å². The summed E-state index contributed by atoms with van der Waals surface area (Å²) < 4.78 is 0. The van der Waals surface area contributed by atoms with Gasteiger partial charge in [-0.15, -0.1) is 0 Å². The molecule has 0 fully saturated rings. The van der Waals surface area contributed by atoms with Crippen LogP contribution in [0.5, 0.6) is 0 Å². The van der Waals surface area contributed by atoms with Crippen molar-refractivity contribution in [2.45, 2.75) is 45.1 Å². The zero-order chi connectivity index (χ0) is 21.9. The molecular weight excluding hydrogens is 382 g/mol. The van der Waals surface area contributed by atoms with Crippen LogP contribution in [0.15, 0.2) is 48.5 Å². The molecule has 156 valence electrons. The summed E-state index contributed by atoms with van der Waals surface area (Å²) >= 11 is 0. The molecule has 0 aliphatic heterocycles. The Morgan fingerprint density at radius 3 is 2.27 bits per heavy atom. The molecule has 0 spiro atoms. The summed E-state index contributed by atoms with van der Waals surface area (Å²) in [6.45, 7) is 6.42. The summed E-state index contributed by atoms with van der Waals surface area (Å²) in [5, 5.41) is 22.0. The number of aromatic nitrogens is 2. The molecule has 7 heteroatoms. The fourth-order valence-electron chi connectivity index (χ4n) is 3.13. The summed E-state index contributed by atoms with van der Waals surface area (Å²) in [6.07, 6.45) is -0.313. The Kier molecular flexibility index (Phi) is 6.01. The minimum atomic E-state index is -1.13. The van der Waals surface area contributed by atoms with Gasteiger partial charge in [-0.05, 0) is 29.5 Å². The van der Waals surface area contributed by atoms with Crippen LogP contribution >= 0.6 is 0 Å². The first-order valence-corrected chi connectivity index (χ1v) is 9.74. The molecular formula is C23H25N3O4. The van der Waals surface area contributed by atoms with Crippen LogP contribution in [0.3, 0.4) is 0 Å². The maximum atomic E-state index is 11.6. The number of nitrogens with one attached hydrogen (secondary N) is 1. The molecule has 3 N–H and O–H groups in total. The van der Waals surface area contributed by atoms with Crippen molar-refractivity contribution < 1.29 is 19.8 Å². The Morgan fingerprint density at radius 2 is 1.67 bits per heavy atom. The first-order chi connectivity index (χ1) is 14.1. The number of para-hydroxylation sites is 1. The molecule has 3 rings (SSSR count). The van der Waals surface area contributed by atoms with Crippen molar-refractivity contribution in [2.75, 3.05) is 5.32 Å². The normalized spacial score (nSPS) is 12.5. The lowest BCUT2D eigenvalue weighted by Crippen LogP contribution is -2.30. The van der Waals surface area contributed by atoms with Crippen molar-refractivity contribution in [3.63, 3.8) is 0 Å². The molecule has 2 aromatic carbocycles. The monoisotopic (exact) mass is 407 g/mol. The van der Waals surface area contributed by atoms with Crippen LogP contribution in [-0.2, 0) is 15.0 Å². The summed E-state index contributed by atoms with van der Waals surface area (Å²) in [6, 6.07) is 14.2. The van der Waals surface area contributed by atoms with E-state index in [2.05, 4.69) is 36.1 Å². The highest BCUT2D eigenvalue weighted by molar-refractivity contribution is 5.92. The van der Waals surface area contributed by atoms with Crippen LogP contribution in [0.4, 0.5) is 5.82 Å². The molecule has 0 radical (unpaired) electrons. The summed E-state index contributed by atoms with van der Waals surface area (Å²) in [5.74, 6) is -1.34. The van der Waals surface area contributed by atoms with E-state index in [0.717, 1.165) is 5.56 Å². The lowest BCUT2D eigenvalue weighted by molar-refractivity contribution is -0.139. The van der Waals surface area contributed by atoms with Crippen molar-refractivity contribution in [3.8, 4) is 11.4 Å². The van der Waals surface area contributed by atoms with Crippen LogP contribution in [0.1, 0.15) is 39.2 Å². The number of hydrogen-bond acceptors (Lipinski definition) is 5. The number of fused-ring (bicyclic) bond motifs is 1. The van der Waals surface area contributed by atoms with Gasteiger partial charge in [-0.3, -0.25) is 4.79 Å². The van der Waals surface area contributed by atoms with Gasteiger partial charge in [0.15, 0.2) is 5.82 Å². The first kappa shape index (κ1) is 21.2. The third kappa shape index (κ3) is 4.92. The lowest BCUT2D eigenvalue weighted by Gasteiger charge is -2.19. The van der Waals surface area contributed by atoms with Gasteiger partial charge < -0.3 is 15.5 Å². The van der Waals surface area contributed by atoms with Gasteiger partial charge >= 0.3 is 11.9 Å². The summed E-state index contributed by atoms with van der Waals surface area (Å²) in [4.78, 5) is 31.7. The largest absolute Gasteiger partial charge is 0.481 e. The zero-order valence-electron chi connectivity index (χ0n) is 17.2. The predicted molar refractivity (Wildman–Crippen MR) is 116 cm³/mol. The molecule has 0 saturated heterocycles. The number of rotatable bonds is 7. The molecule has 0 bridgehead atoms. The van der Waals surface area contributed by atoms with Crippen LogP contribution < -0.4 is 5.32 Å². The fraction of sp³-hybridized carbons (Fsp3) is 0.304. The number of carboxylic acid groups (broad SMARTS) is 2. The minimum Gasteiger partial charge on any atom is -0.481 e. The SMILES string of the molecule is CC(C)(C)c1ccc(-c2nc(NC(CCC(=O)O)C(=O)O)c3ccccc3n2)cc1. The second kappa shape index (κ2) is 8.49. The van der Waals surface area contributed by atoms with E-state index in [9.17, 15) is 14.7 Å². The topological polar surface area (TPSA) is 112 Å². The van der Waals surface area contributed by atoms with Gasteiger partial charge in [0.25, 0.3) is 0 Å². The number of anilines is 1. The van der Waals surface area contributed by atoms with Crippen molar-refractivity contribution in [3.05, 3.63) is 54.1 Å². The number of benzene rings is 2. The van der Waals surface area contributed by atoms with Gasteiger partial charge in [0, 0.05) is 17.4 Å². The second-order valence-electron chi connectivity index (χ2n) is 8.21. The van der Waals surface area contributed by atoms with E-state index in [0.29, 0.717) is 22.5 Å². The molecule has 0 aliphatic carbocycles. The molecule has 0 saturated carbocycles. The predicted octanol–water partition coefficient (Wildman–Crippen LogP) is 4.32. The standard InChI is InChI=1S/C23H25N3O4/c1-23(2,3)15-10-8-14(9-11-15)20-24-17-7-5-4-6-16(17)21(26-20)25-18(22(29)30)12-13-19(27)28/h4-11,18H,12-13H2,1-3H3,(H,27,28)(H,29,30)(H,24,25,26). The van der Waals surface area contributed by atoms with E-state index in [1.54, 1.807) is 6.07 Å². The number of carboxylic acids is 2. The molecule has 1 aromatic heterocycles. The maximum absolute atomic E-state index is 11.6. The smallest absolute Gasteiger partial charge is 0.326 e. The third-order valence-corrected chi connectivity index (χ3v) is 4.87.